The summed E-state index contributed by atoms with van der Waals surface area (Å²) in [5.74, 6) is -0.450. The van der Waals surface area contributed by atoms with Crippen LogP contribution in [0.2, 0.25) is 0 Å². The number of benzene rings is 1. The van der Waals surface area contributed by atoms with Gasteiger partial charge in [0.15, 0.2) is 0 Å². The Morgan fingerprint density at radius 1 is 1.27 bits per heavy atom. The zero-order chi connectivity index (χ0) is 11.0. The maximum atomic E-state index is 11.8. The SMILES string of the molecule is C=CCN1C(=O)c2ccc(C)cc2C1=O. The van der Waals surface area contributed by atoms with Crippen molar-refractivity contribution in [3.05, 3.63) is 47.5 Å². The lowest BCUT2D eigenvalue weighted by Crippen LogP contribution is -2.29. The topological polar surface area (TPSA) is 37.4 Å². The molecule has 1 aromatic carbocycles. The summed E-state index contributed by atoms with van der Waals surface area (Å²) in [5.41, 5.74) is 1.98. The van der Waals surface area contributed by atoms with Crippen LogP contribution in [0.4, 0.5) is 0 Å². The molecule has 1 aliphatic heterocycles. The molecule has 0 saturated carbocycles. The summed E-state index contributed by atoms with van der Waals surface area (Å²) < 4.78 is 0. The molecular formula is C12H11NO2. The molecule has 0 atom stereocenters. The van der Waals surface area contributed by atoms with Crippen LogP contribution in [0.15, 0.2) is 30.9 Å². The molecule has 0 bridgehead atoms. The fourth-order valence-corrected chi connectivity index (χ4v) is 1.70. The summed E-state index contributed by atoms with van der Waals surface area (Å²) in [6, 6.07) is 5.29. The molecule has 1 heterocycles. The summed E-state index contributed by atoms with van der Waals surface area (Å²) in [4.78, 5) is 24.8. The number of carbonyl (C=O) groups is 2. The molecule has 1 aliphatic rings. The highest BCUT2D eigenvalue weighted by Gasteiger charge is 2.34. The number of hydrogen-bond donors (Lipinski definition) is 0. The Kier molecular flexibility index (Phi) is 2.15. The van der Waals surface area contributed by atoms with Gasteiger partial charge < -0.3 is 0 Å². The van der Waals surface area contributed by atoms with Crippen LogP contribution in [-0.2, 0) is 0 Å². The standard InChI is InChI=1S/C12H11NO2/c1-3-6-13-11(14)9-5-4-8(2)7-10(9)12(13)15/h3-5,7H,1,6H2,2H3. The molecule has 1 aromatic rings. The Bertz CT molecular complexity index is 463. The Morgan fingerprint density at radius 2 is 1.93 bits per heavy atom. The molecule has 2 amide bonds. The Labute approximate surface area is 88.0 Å². The zero-order valence-electron chi connectivity index (χ0n) is 8.49. The van der Waals surface area contributed by atoms with E-state index in [1.54, 1.807) is 18.2 Å². The second kappa shape index (κ2) is 3.35. The number of fused-ring (bicyclic) bond motifs is 1. The first kappa shape index (κ1) is 9.65. The lowest BCUT2D eigenvalue weighted by molar-refractivity contribution is 0.0672. The highest BCUT2D eigenvalue weighted by atomic mass is 16.2. The van der Waals surface area contributed by atoms with Crippen molar-refractivity contribution in [1.82, 2.24) is 4.90 Å². The maximum Gasteiger partial charge on any atom is 0.261 e. The predicted octanol–water partition coefficient (Wildman–Crippen LogP) is 1.78. The normalized spacial score (nSPS) is 14.3. The first-order valence-electron chi connectivity index (χ1n) is 4.73. The van der Waals surface area contributed by atoms with Gasteiger partial charge in [0, 0.05) is 6.54 Å². The van der Waals surface area contributed by atoms with Gasteiger partial charge in [0.05, 0.1) is 11.1 Å². The smallest absolute Gasteiger partial charge is 0.261 e. The van der Waals surface area contributed by atoms with E-state index in [-0.39, 0.29) is 18.4 Å². The van der Waals surface area contributed by atoms with E-state index in [0.717, 1.165) is 5.56 Å². The minimum atomic E-state index is -0.227. The van der Waals surface area contributed by atoms with Crippen molar-refractivity contribution in [1.29, 1.82) is 0 Å². The van der Waals surface area contributed by atoms with Crippen molar-refractivity contribution >= 4 is 11.8 Å². The third kappa shape index (κ3) is 1.36. The van der Waals surface area contributed by atoms with E-state index < -0.39 is 0 Å². The summed E-state index contributed by atoms with van der Waals surface area (Å²) in [6.07, 6.45) is 1.55. The molecule has 3 heteroatoms. The van der Waals surface area contributed by atoms with Crippen molar-refractivity contribution in [2.75, 3.05) is 6.54 Å². The summed E-state index contributed by atoms with van der Waals surface area (Å²) in [5, 5.41) is 0. The quantitative estimate of drug-likeness (QED) is 0.540. The predicted molar refractivity (Wildman–Crippen MR) is 56.7 cm³/mol. The molecule has 0 N–H and O–H groups in total. The first-order chi connectivity index (χ1) is 7.15. The largest absolute Gasteiger partial charge is 0.270 e. The summed E-state index contributed by atoms with van der Waals surface area (Å²) in [6.45, 7) is 5.69. The second-order valence-corrected chi connectivity index (χ2v) is 3.56. The van der Waals surface area contributed by atoms with Gasteiger partial charge in [-0.2, -0.15) is 0 Å². The number of amides is 2. The number of nitrogens with zero attached hydrogens (tertiary/aromatic N) is 1. The monoisotopic (exact) mass is 201 g/mol. The average molecular weight is 201 g/mol. The fraction of sp³-hybridized carbons (Fsp3) is 0.167. The average Bonchev–Trinajstić information content (AvgIpc) is 2.44. The zero-order valence-corrected chi connectivity index (χ0v) is 8.49. The van der Waals surface area contributed by atoms with Gasteiger partial charge in [0.1, 0.15) is 0 Å². The molecule has 0 radical (unpaired) electrons. The highest BCUT2D eigenvalue weighted by molar-refractivity contribution is 6.21. The molecule has 0 spiro atoms. The van der Waals surface area contributed by atoms with Gasteiger partial charge in [-0.05, 0) is 19.1 Å². The van der Waals surface area contributed by atoms with Crippen LogP contribution in [-0.4, -0.2) is 23.3 Å². The van der Waals surface area contributed by atoms with E-state index >= 15 is 0 Å². The fourth-order valence-electron chi connectivity index (χ4n) is 1.70. The van der Waals surface area contributed by atoms with Crippen molar-refractivity contribution in [2.45, 2.75) is 6.92 Å². The van der Waals surface area contributed by atoms with Crippen LogP contribution < -0.4 is 0 Å². The minimum Gasteiger partial charge on any atom is -0.270 e. The lowest BCUT2D eigenvalue weighted by Gasteiger charge is -2.09. The Morgan fingerprint density at radius 3 is 2.60 bits per heavy atom. The third-order valence-corrected chi connectivity index (χ3v) is 2.44. The van der Waals surface area contributed by atoms with Gasteiger partial charge >= 0.3 is 0 Å². The Balaban J connectivity index is 2.50. The third-order valence-electron chi connectivity index (χ3n) is 2.44. The second-order valence-electron chi connectivity index (χ2n) is 3.56. The van der Waals surface area contributed by atoms with Crippen LogP contribution in [0.25, 0.3) is 0 Å². The highest BCUT2D eigenvalue weighted by Crippen LogP contribution is 2.23. The van der Waals surface area contributed by atoms with Gasteiger partial charge in [-0.3, -0.25) is 14.5 Å². The summed E-state index contributed by atoms with van der Waals surface area (Å²) >= 11 is 0. The molecule has 2 rings (SSSR count). The van der Waals surface area contributed by atoms with E-state index in [9.17, 15) is 9.59 Å². The van der Waals surface area contributed by atoms with Gasteiger partial charge in [0.2, 0.25) is 0 Å². The van der Waals surface area contributed by atoms with Crippen molar-refractivity contribution in [3.8, 4) is 0 Å². The van der Waals surface area contributed by atoms with Crippen LogP contribution in [0.5, 0.6) is 0 Å². The maximum absolute atomic E-state index is 11.8. The van der Waals surface area contributed by atoms with Gasteiger partial charge in [0.25, 0.3) is 11.8 Å². The van der Waals surface area contributed by atoms with Crippen LogP contribution in [0, 0.1) is 6.92 Å². The van der Waals surface area contributed by atoms with E-state index in [1.807, 2.05) is 13.0 Å². The van der Waals surface area contributed by atoms with Gasteiger partial charge in [-0.25, -0.2) is 0 Å². The minimum absolute atomic E-state index is 0.224. The van der Waals surface area contributed by atoms with Crippen molar-refractivity contribution < 1.29 is 9.59 Å². The van der Waals surface area contributed by atoms with E-state index in [4.69, 9.17) is 0 Å². The molecule has 0 saturated heterocycles. The lowest BCUT2D eigenvalue weighted by atomic mass is 10.1. The number of rotatable bonds is 2. The molecule has 0 fully saturated rings. The molecular weight excluding hydrogens is 190 g/mol. The van der Waals surface area contributed by atoms with E-state index in [2.05, 4.69) is 6.58 Å². The number of aryl methyl sites for hydroxylation is 1. The van der Waals surface area contributed by atoms with E-state index in [0.29, 0.717) is 11.1 Å². The number of hydrogen-bond acceptors (Lipinski definition) is 2. The Hall–Kier alpha value is -1.90. The van der Waals surface area contributed by atoms with Crippen molar-refractivity contribution in [2.24, 2.45) is 0 Å². The summed E-state index contributed by atoms with van der Waals surface area (Å²) in [7, 11) is 0. The van der Waals surface area contributed by atoms with Crippen molar-refractivity contribution in [3.63, 3.8) is 0 Å². The molecule has 0 aliphatic carbocycles. The van der Waals surface area contributed by atoms with E-state index in [1.165, 1.54) is 4.90 Å². The molecule has 0 aromatic heterocycles. The van der Waals surface area contributed by atoms with Gasteiger partial charge in [-0.15, -0.1) is 6.58 Å². The molecule has 76 valence electrons. The van der Waals surface area contributed by atoms with Gasteiger partial charge in [-0.1, -0.05) is 17.7 Å². The molecule has 3 nitrogen and oxygen atoms in total. The van der Waals surface area contributed by atoms with Crippen LogP contribution in [0.3, 0.4) is 0 Å². The molecule has 15 heavy (non-hydrogen) atoms. The van der Waals surface area contributed by atoms with Crippen LogP contribution >= 0.6 is 0 Å². The van der Waals surface area contributed by atoms with Crippen LogP contribution in [0.1, 0.15) is 26.3 Å². The molecule has 0 unspecified atom stereocenters. The number of carbonyl (C=O) groups excluding carboxylic acids is 2. The number of imide groups is 1. The first-order valence-corrected chi connectivity index (χ1v) is 4.73.